The molecule has 1 atom stereocenters. The molecule has 1 unspecified atom stereocenters. The number of nitrogens with zero attached hydrogens (tertiary/aromatic N) is 2. The predicted molar refractivity (Wildman–Crippen MR) is 110 cm³/mol. The summed E-state index contributed by atoms with van der Waals surface area (Å²) in [6.45, 7) is 2.04. The molecule has 3 aromatic carbocycles. The highest BCUT2D eigenvalue weighted by Gasteiger charge is 2.16. The Balaban J connectivity index is 1.94. The van der Waals surface area contributed by atoms with Gasteiger partial charge in [-0.05, 0) is 12.5 Å². The van der Waals surface area contributed by atoms with Crippen molar-refractivity contribution in [3.63, 3.8) is 0 Å². The van der Waals surface area contributed by atoms with E-state index in [1.807, 2.05) is 104 Å². The highest BCUT2D eigenvalue weighted by molar-refractivity contribution is 5.64. The van der Waals surface area contributed by atoms with E-state index in [0.29, 0.717) is 5.69 Å². The summed E-state index contributed by atoms with van der Waals surface area (Å²) in [5.41, 5.74) is 4.08. The maximum Gasteiger partial charge on any atom is 0.277 e. The maximum atomic E-state index is 13.3. The van der Waals surface area contributed by atoms with Gasteiger partial charge in [0.05, 0.1) is 11.7 Å². The van der Waals surface area contributed by atoms with Gasteiger partial charge in [0, 0.05) is 17.3 Å². The van der Waals surface area contributed by atoms with E-state index in [2.05, 4.69) is 0 Å². The Hall–Kier alpha value is -3.46. The van der Waals surface area contributed by atoms with Gasteiger partial charge in [0.15, 0.2) is 0 Å². The average molecular weight is 352 g/mol. The molecule has 0 aliphatic carbocycles. The van der Waals surface area contributed by atoms with Crippen LogP contribution in [-0.4, -0.2) is 9.55 Å². The molecule has 3 heteroatoms. The predicted octanol–water partition coefficient (Wildman–Crippen LogP) is 5.19. The number of benzene rings is 3. The van der Waals surface area contributed by atoms with Crippen LogP contribution in [0.4, 0.5) is 0 Å². The molecule has 27 heavy (non-hydrogen) atoms. The first-order valence-corrected chi connectivity index (χ1v) is 9.03. The minimum absolute atomic E-state index is 0.0859. The van der Waals surface area contributed by atoms with Gasteiger partial charge < -0.3 is 4.57 Å². The van der Waals surface area contributed by atoms with Crippen molar-refractivity contribution in [2.45, 2.75) is 13.0 Å². The summed E-state index contributed by atoms with van der Waals surface area (Å²) in [5.74, 6) is 0. The summed E-state index contributed by atoms with van der Waals surface area (Å²) in [4.78, 5) is 18.0. The van der Waals surface area contributed by atoms with E-state index < -0.39 is 0 Å². The molecule has 1 aromatic heterocycles. The van der Waals surface area contributed by atoms with Crippen LogP contribution in [0.1, 0.15) is 18.5 Å². The summed E-state index contributed by atoms with van der Waals surface area (Å²) < 4.78 is 1.78. The quantitative estimate of drug-likeness (QED) is 0.507. The minimum atomic E-state index is -0.0911. The number of aromatic nitrogens is 2. The first kappa shape index (κ1) is 17.0. The fraction of sp³-hybridized carbons (Fsp3) is 0.0833. The van der Waals surface area contributed by atoms with Crippen LogP contribution in [0.3, 0.4) is 0 Å². The number of hydrogen-bond acceptors (Lipinski definition) is 2. The highest BCUT2D eigenvalue weighted by Crippen LogP contribution is 2.23. The number of hydrogen-bond donors (Lipinski definition) is 0. The van der Waals surface area contributed by atoms with Gasteiger partial charge in [0.25, 0.3) is 5.56 Å². The van der Waals surface area contributed by atoms with Crippen LogP contribution in [0.5, 0.6) is 0 Å². The molecular weight excluding hydrogens is 332 g/mol. The summed E-state index contributed by atoms with van der Waals surface area (Å²) >= 11 is 0. The second-order valence-corrected chi connectivity index (χ2v) is 6.51. The second-order valence-electron chi connectivity index (χ2n) is 6.51. The average Bonchev–Trinajstić information content (AvgIpc) is 2.75. The lowest BCUT2D eigenvalue weighted by Gasteiger charge is -2.18. The molecule has 4 rings (SSSR count). The lowest BCUT2D eigenvalue weighted by molar-refractivity contribution is 0.612. The highest BCUT2D eigenvalue weighted by atomic mass is 16.1. The monoisotopic (exact) mass is 352 g/mol. The van der Waals surface area contributed by atoms with Crippen LogP contribution in [0.15, 0.2) is 102 Å². The SMILES string of the molecule is CC(c1ccccc1)n1cc(-c2ccccc2)nc(-c2ccccc2)c1=O. The molecule has 1 heterocycles. The van der Waals surface area contributed by atoms with Crippen molar-refractivity contribution in [2.24, 2.45) is 0 Å². The van der Waals surface area contributed by atoms with Crippen molar-refractivity contribution in [1.82, 2.24) is 9.55 Å². The molecule has 0 saturated carbocycles. The third kappa shape index (κ3) is 3.44. The lowest BCUT2D eigenvalue weighted by atomic mass is 10.1. The van der Waals surface area contributed by atoms with Crippen LogP contribution in [-0.2, 0) is 0 Å². The first-order valence-electron chi connectivity index (χ1n) is 9.03. The Kier molecular flexibility index (Phi) is 4.67. The zero-order valence-electron chi connectivity index (χ0n) is 15.1. The van der Waals surface area contributed by atoms with Crippen molar-refractivity contribution < 1.29 is 0 Å². The summed E-state index contributed by atoms with van der Waals surface area (Å²) in [6, 6.07) is 29.6. The van der Waals surface area contributed by atoms with Crippen LogP contribution in [0.2, 0.25) is 0 Å². The Morgan fingerprint density at radius 2 is 1.26 bits per heavy atom. The van der Waals surface area contributed by atoms with E-state index in [-0.39, 0.29) is 11.6 Å². The van der Waals surface area contributed by atoms with E-state index in [9.17, 15) is 4.79 Å². The Morgan fingerprint density at radius 3 is 1.85 bits per heavy atom. The molecule has 0 bridgehead atoms. The van der Waals surface area contributed by atoms with Gasteiger partial charge in [-0.15, -0.1) is 0 Å². The summed E-state index contributed by atoms with van der Waals surface area (Å²) in [6.07, 6.45) is 1.86. The van der Waals surface area contributed by atoms with Gasteiger partial charge in [-0.1, -0.05) is 91.0 Å². The van der Waals surface area contributed by atoms with Gasteiger partial charge in [-0.25, -0.2) is 4.98 Å². The van der Waals surface area contributed by atoms with Gasteiger partial charge in [-0.2, -0.15) is 0 Å². The van der Waals surface area contributed by atoms with E-state index in [1.165, 1.54) is 0 Å². The van der Waals surface area contributed by atoms with E-state index in [4.69, 9.17) is 4.98 Å². The minimum Gasteiger partial charge on any atom is -0.304 e. The van der Waals surface area contributed by atoms with Crippen LogP contribution in [0.25, 0.3) is 22.5 Å². The zero-order valence-corrected chi connectivity index (χ0v) is 15.1. The standard InChI is InChI=1S/C24H20N2O/c1-18(19-11-5-2-6-12-19)26-17-22(20-13-7-3-8-14-20)25-23(24(26)27)21-15-9-4-10-16-21/h2-18H,1H3. The molecule has 3 nitrogen and oxygen atoms in total. The van der Waals surface area contributed by atoms with Crippen molar-refractivity contribution in [2.75, 3.05) is 0 Å². The van der Waals surface area contributed by atoms with Gasteiger partial charge in [-0.3, -0.25) is 4.79 Å². The van der Waals surface area contributed by atoms with E-state index in [1.54, 1.807) is 4.57 Å². The van der Waals surface area contributed by atoms with Crippen molar-refractivity contribution in [3.8, 4) is 22.5 Å². The fourth-order valence-corrected chi connectivity index (χ4v) is 3.22. The molecule has 0 spiro atoms. The van der Waals surface area contributed by atoms with Crippen LogP contribution in [0, 0.1) is 0 Å². The van der Waals surface area contributed by atoms with Crippen molar-refractivity contribution in [3.05, 3.63) is 113 Å². The second kappa shape index (κ2) is 7.42. The lowest BCUT2D eigenvalue weighted by Crippen LogP contribution is -2.26. The van der Waals surface area contributed by atoms with Gasteiger partial charge >= 0.3 is 0 Å². The molecular formula is C24H20N2O. The van der Waals surface area contributed by atoms with Crippen molar-refractivity contribution >= 4 is 0 Å². The fourth-order valence-electron chi connectivity index (χ4n) is 3.22. The first-order chi connectivity index (χ1) is 13.2. The van der Waals surface area contributed by atoms with Gasteiger partial charge in [0.1, 0.15) is 5.69 Å². The maximum absolute atomic E-state index is 13.3. The topological polar surface area (TPSA) is 34.9 Å². The molecule has 0 saturated heterocycles. The molecule has 0 aliphatic rings. The third-order valence-corrected chi connectivity index (χ3v) is 4.75. The largest absolute Gasteiger partial charge is 0.304 e. The Bertz CT molecular complexity index is 1090. The molecule has 0 aliphatic heterocycles. The Labute approximate surface area is 158 Å². The summed E-state index contributed by atoms with van der Waals surface area (Å²) in [7, 11) is 0. The van der Waals surface area contributed by atoms with Crippen molar-refractivity contribution in [1.29, 1.82) is 0 Å². The molecule has 0 N–H and O–H groups in total. The van der Waals surface area contributed by atoms with Crippen LogP contribution >= 0.6 is 0 Å². The van der Waals surface area contributed by atoms with E-state index in [0.717, 1.165) is 22.4 Å². The summed E-state index contributed by atoms with van der Waals surface area (Å²) in [5, 5.41) is 0. The molecule has 0 amide bonds. The van der Waals surface area contributed by atoms with Crippen LogP contribution < -0.4 is 5.56 Å². The Morgan fingerprint density at radius 1 is 0.741 bits per heavy atom. The van der Waals surface area contributed by atoms with Gasteiger partial charge in [0.2, 0.25) is 0 Å². The van der Waals surface area contributed by atoms with E-state index >= 15 is 0 Å². The third-order valence-electron chi connectivity index (χ3n) is 4.75. The molecule has 0 radical (unpaired) electrons. The number of rotatable bonds is 4. The zero-order chi connectivity index (χ0) is 18.6. The normalized spacial score (nSPS) is 11.9. The molecule has 132 valence electrons. The smallest absolute Gasteiger partial charge is 0.277 e. The molecule has 0 fully saturated rings. The molecule has 4 aromatic rings.